The van der Waals surface area contributed by atoms with Gasteiger partial charge in [-0.25, -0.2) is 0 Å². The minimum Gasteiger partial charge on any atom is -0.467 e. The van der Waals surface area contributed by atoms with Gasteiger partial charge in [0.05, 0.1) is 18.1 Å². The molecule has 7 nitrogen and oxygen atoms in total. The van der Waals surface area contributed by atoms with Crippen molar-refractivity contribution in [2.45, 2.75) is 30.8 Å². The van der Waals surface area contributed by atoms with E-state index in [2.05, 4.69) is 20.5 Å². The first kappa shape index (κ1) is 19.9. The third kappa shape index (κ3) is 4.44. The van der Waals surface area contributed by atoms with Crippen molar-refractivity contribution < 1.29 is 9.21 Å². The van der Waals surface area contributed by atoms with Crippen molar-refractivity contribution in [1.29, 1.82) is 0 Å². The zero-order valence-electron chi connectivity index (χ0n) is 16.6. The van der Waals surface area contributed by atoms with Gasteiger partial charge in [-0.2, -0.15) is 0 Å². The summed E-state index contributed by atoms with van der Waals surface area (Å²) in [5.41, 5.74) is 2.72. The maximum Gasteiger partial charge on any atom is 0.237 e. The number of carbonyl (C=O) groups excluding carboxylic acids is 1. The van der Waals surface area contributed by atoms with E-state index in [9.17, 15) is 4.79 Å². The van der Waals surface area contributed by atoms with E-state index in [0.717, 1.165) is 22.6 Å². The lowest BCUT2D eigenvalue weighted by Gasteiger charge is -2.14. The molecule has 8 heteroatoms. The van der Waals surface area contributed by atoms with Gasteiger partial charge in [-0.05, 0) is 49.7 Å². The van der Waals surface area contributed by atoms with Crippen LogP contribution in [-0.4, -0.2) is 30.9 Å². The number of benzene rings is 1. The van der Waals surface area contributed by atoms with E-state index in [-0.39, 0.29) is 11.2 Å². The number of anilines is 1. The van der Waals surface area contributed by atoms with Crippen molar-refractivity contribution in [3.63, 3.8) is 0 Å². The molecule has 3 aromatic heterocycles. The number of hydrogen-bond acceptors (Lipinski definition) is 6. The fourth-order valence-electron chi connectivity index (χ4n) is 2.95. The number of nitrogens with one attached hydrogen (secondary N) is 1. The zero-order valence-corrected chi connectivity index (χ0v) is 17.5. The summed E-state index contributed by atoms with van der Waals surface area (Å²) in [7, 11) is 0. The summed E-state index contributed by atoms with van der Waals surface area (Å²) in [6.07, 6.45) is 5.07. The lowest BCUT2D eigenvalue weighted by molar-refractivity contribution is -0.115. The Hall–Kier alpha value is -3.39. The predicted octanol–water partition coefficient (Wildman–Crippen LogP) is 4.41. The minimum atomic E-state index is -0.366. The molecule has 0 fully saturated rings. The fraction of sp³-hybridized carbons (Fsp3) is 0.182. The van der Waals surface area contributed by atoms with Crippen LogP contribution in [0, 0.1) is 6.92 Å². The van der Waals surface area contributed by atoms with E-state index in [1.54, 1.807) is 18.7 Å². The maximum atomic E-state index is 12.8. The number of carbonyl (C=O) groups is 1. The van der Waals surface area contributed by atoms with Gasteiger partial charge < -0.3 is 9.73 Å². The van der Waals surface area contributed by atoms with Crippen LogP contribution in [0.5, 0.6) is 0 Å². The van der Waals surface area contributed by atoms with Gasteiger partial charge in [-0.15, -0.1) is 10.2 Å². The number of aryl methyl sites for hydroxylation is 1. The van der Waals surface area contributed by atoms with Gasteiger partial charge in [0.1, 0.15) is 5.76 Å². The van der Waals surface area contributed by atoms with Crippen LogP contribution in [0.25, 0.3) is 11.4 Å². The van der Waals surface area contributed by atoms with Gasteiger partial charge in [0.15, 0.2) is 11.0 Å². The first-order valence-electron chi connectivity index (χ1n) is 9.51. The average Bonchev–Trinajstić information content (AvgIpc) is 3.41. The molecule has 1 N–H and O–H groups in total. The van der Waals surface area contributed by atoms with Crippen LogP contribution in [0.15, 0.2) is 76.8 Å². The van der Waals surface area contributed by atoms with Crippen molar-refractivity contribution in [2.75, 3.05) is 5.32 Å². The second-order valence-electron chi connectivity index (χ2n) is 6.77. The van der Waals surface area contributed by atoms with Gasteiger partial charge in [-0.3, -0.25) is 14.3 Å². The molecule has 0 aliphatic rings. The van der Waals surface area contributed by atoms with Crippen LogP contribution in [0.4, 0.5) is 5.69 Å². The Morgan fingerprint density at radius 1 is 1.13 bits per heavy atom. The Morgan fingerprint density at radius 2 is 1.93 bits per heavy atom. The Morgan fingerprint density at radius 3 is 2.67 bits per heavy atom. The molecule has 4 aromatic rings. The second kappa shape index (κ2) is 8.96. The summed E-state index contributed by atoms with van der Waals surface area (Å²) in [6.45, 7) is 4.29. The van der Waals surface area contributed by atoms with Gasteiger partial charge >= 0.3 is 0 Å². The van der Waals surface area contributed by atoms with Crippen LogP contribution in [0.3, 0.4) is 0 Å². The van der Waals surface area contributed by atoms with Crippen molar-refractivity contribution in [3.8, 4) is 11.4 Å². The maximum absolute atomic E-state index is 12.8. The van der Waals surface area contributed by atoms with Crippen LogP contribution < -0.4 is 5.32 Å². The Kier molecular flexibility index (Phi) is 5.94. The van der Waals surface area contributed by atoms with E-state index in [0.29, 0.717) is 17.5 Å². The summed E-state index contributed by atoms with van der Waals surface area (Å²) in [6, 6.07) is 15.2. The number of rotatable bonds is 7. The molecular formula is C22H21N5O2S. The highest BCUT2D eigenvalue weighted by Gasteiger charge is 2.22. The molecule has 1 atom stereocenters. The van der Waals surface area contributed by atoms with E-state index in [4.69, 9.17) is 4.42 Å². The first-order valence-corrected chi connectivity index (χ1v) is 10.4. The molecule has 0 saturated carbocycles. The molecule has 0 aliphatic carbocycles. The third-order valence-corrected chi connectivity index (χ3v) is 5.68. The molecule has 4 rings (SSSR count). The molecule has 1 amide bonds. The Bertz CT molecular complexity index is 1130. The lowest BCUT2D eigenvalue weighted by Crippen LogP contribution is -2.23. The van der Waals surface area contributed by atoms with Crippen molar-refractivity contribution in [3.05, 3.63) is 78.5 Å². The quantitative estimate of drug-likeness (QED) is 0.447. The normalized spacial score (nSPS) is 11.9. The molecule has 0 saturated heterocycles. The first-order chi connectivity index (χ1) is 14.6. The predicted molar refractivity (Wildman–Crippen MR) is 116 cm³/mol. The highest BCUT2D eigenvalue weighted by atomic mass is 32.2. The molecule has 0 aliphatic heterocycles. The Balaban J connectivity index is 1.58. The number of pyridine rings is 1. The number of furan rings is 1. The number of para-hydroxylation sites is 1. The number of thioether (sulfide) groups is 1. The second-order valence-corrected chi connectivity index (χ2v) is 8.08. The van der Waals surface area contributed by atoms with Crippen molar-refractivity contribution in [2.24, 2.45) is 0 Å². The molecule has 3 heterocycles. The number of hydrogen-bond donors (Lipinski definition) is 1. The van der Waals surface area contributed by atoms with Crippen LogP contribution in [-0.2, 0) is 11.3 Å². The molecule has 0 bridgehead atoms. The summed E-state index contributed by atoms with van der Waals surface area (Å²) in [5.74, 6) is 1.39. The monoisotopic (exact) mass is 419 g/mol. The average molecular weight is 420 g/mol. The highest BCUT2D eigenvalue weighted by Crippen LogP contribution is 2.28. The molecule has 0 radical (unpaired) electrons. The largest absolute Gasteiger partial charge is 0.467 e. The van der Waals surface area contributed by atoms with Crippen LogP contribution in [0.1, 0.15) is 18.2 Å². The number of aromatic nitrogens is 4. The zero-order chi connectivity index (χ0) is 20.9. The Labute approximate surface area is 178 Å². The van der Waals surface area contributed by atoms with Crippen molar-refractivity contribution >= 4 is 23.4 Å². The van der Waals surface area contributed by atoms with Crippen LogP contribution in [0.2, 0.25) is 0 Å². The van der Waals surface area contributed by atoms with Gasteiger partial charge in [0.25, 0.3) is 0 Å². The summed E-state index contributed by atoms with van der Waals surface area (Å²) in [4.78, 5) is 16.8. The summed E-state index contributed by atoms with van der Waals surface area (Å²) in [5, 5.41) is 12.0. The molecule has 0 spiro atoms. The van der Waals surface area contributed by atoms with E-state index in [1.165, 1.54) is 11.8 Å². The van der Waals surface area contributed by atoms with E-state index >= 15 is 0 Å². The highest BCUT2D eigenvalue weighted by molar-refractivity contribution is 8.00. The van der Waals surface area contributed by atoms with E-state index < -0.39 is 0 Å². The number of amides is 1. The molecule has 1 aromatic carbocycles. The number of nitrogens with zero attached hydrogens (tertiary/aromatic N) is 4. The molecule has 152 valence electrons. The standard InChI is InChI=1S/C22H21N5O2S/c1-15-6-3-4-8-19(15)24-21(28)16(2)30-22-26-25-20(17-9-11-23-12-10-17)27(22)14-18-7-5-13-29-18/h3-13,16H,14H2,1-2H3,(H,24,28)/t16-/m0/s1. The van der Waals surface area contributed by atoms with Crippen LogP contribution >= 0.6 is 11.8 Å². The minimum absolute atomic E-state index is 0.0905. The van der Waals surface area contributed by atoms with Gasteiger partial charge in [-0.1, -0.05) is 30.0 Å². The van der Waals surface area contributed by atoms with E-state index in [1.807, 2.05) is 66.9 Å². The fourth-order valence-corrected chi connectivity index (χ4v) is 3.80. The summed E-state index contributed by atoms with van der Waals surface area (Å²) >= 11 is 1.36. The summed E-state index contributed by atoms with van der Waals surface area (Å²) < 4.78 is 7.47. The smallest absolute Gasteiger partial charge is 0.237 e. The molecule has 30 heavy (non-hydrogen) atoms. The topological polar surface area (TPSA) is 85.8 Å². The molecular weight excluding hydrogens is 398 g/mol. The van der Waals surface area contributed by atoms with Crippen molar-refractivity contribution in [1.82, 2.24) is 19.7 Å². The molecule has 0 unspecified atom stereocenters. The third-order valence-electron chi connectivity index (χ3n) is 4.60. The van der Waals surface area contributed by atoms with Gasteiger partial charge in [0.2, 0.25) is 5.91 Å². The lowest BCUT2D eigenvalue weighted by atomic mass is 10.2. The van der Waals surface area contributed by atoms with Gasteiger partial charge in [0, 0.05) is 23.6 Å². The SMILES string of the molecule is Cc1ccccc1NC(=O)[C@H](C)Sc1nnc(-c2ccncc2)n1Cc1ccco1.